The van der Waals surface area contributed by atoms with Gasteiger partial charge in [0.05, 0.1) is 11.8 Å². The zero-order valence-corrected chi connectivity index (χ0v) is 19.1. The Morgan fingerprint density at radius 2 is 1.62 bits per heavy atom. The van der Waals surface area contributed by atoms with E-state index in [2.05, 4.69) is 21.2 Å². The van der Waals surface area contributed by atoms with Crippen molar-refractivity contribution in [3.63, 3.8) is 0 Å². The number of carboxylic acid groups (broad SMARTS) is 1. The highest BCUT2D eigenvalue weighted by molar-refractivity contribution is 9.10. The third-order valence-corrected chi connectivity index (χ3v) is 7.86. The number of rotatable bonds is 4. The average Bonchev–Trinajstić information content (AvgIpc) is 3.30. The van der Waals surface area contributed by atoms with Crippen molar-refractivity contribution < 1.29 is 19.5 Å². The molecule has 4 atom stereocenters. The van der Waals surface area contributed by atoms with Crippen molar-refractivity contribution in [3.05, 3.63) is 70.2 Å². The smallest absolute Gasteiger partial charge is 0.329 e. The second-order valence-corrected chi connectivity index (χ2v) is 9.91. The number of nitrogens with one attached hydrogen (secondary N) is 1. The quantitative estimate of drug-likeness (QED) is 0.624. The van der Waals surface area contributed by atoms with Crippen LogP contribution in [0.3, 0.4) is 0 Å². The molecule has 0 aromatic heterocycles. The van der Waals surface area contributed by atoms with Crippen molar-refractivity contribution >= 4 is 33.7 Å². The molecule has 166 valence electrons. The molecule has 2 aromatic rings. The molecule has 2 N–H and O–H groups in total. The minimum absolute atomic E-state index is 0.137. The highest BCUT2D eigenvalue weighted by Crippen LogP contribution is 2.54. The summed E-state index contributed by atoms with van der Waals surface area (Å²) in [4.78, 5) is 41.9. The van der Waals surface area contributed by atoms with Gasteiger partial charge in [0.1, 0.15) is 0 Å². The molecule has 5 rings (SSSR count). The summed E-state index contributed by atoms with van der Waals surface area (Å²) in [5.41, 5.74) is -0.373. The van der Waals surface area contributed by atoms with Crippen LogP contribution in [-0.2, 0) is 19.9 Å². The molecule has 1 saturated carbocycles. The average molecular weight is 497 g/mol. The maximum Gasteiger partial charge on any atom is 0.329 e. The number of carbonyl (C=O) groups is 3. The lowest BCUT2D eigenvalue weighted by Crippen LogP contribution is -2.54. The number of aliphatic carboxylic acids is 1. The molecule has 0 bridgehead atoms. The predicted molar refractivity (Wildman–Crippen MR) is 121 cm³/mol. The maximum absolute atomic E-state index is 13.8. The maximum atomic E-state index is 13.8. The summed E-state index contributed by atoms with van der Waals surface area (Å²) in [5.74, 6) is -3.49. The van der Waals surface area contributed by atoms with Crippen LogP contribution < -0.4 is 5.32 Å². The fraction of sp³-hybridized carbons (Fsp3) is 0.400. The van der Waals surface area contributed by atoms with E-state index in [1.807, 2.05) is 30.3 Å². The molecule has 3 aliphatic rings. The monoisotopic (exact) mass is 496 g/mol. The SMILES string of the molecule is O=C1C2C(c3ccc(Br)cc3)NC(C(=O)O)(c3ccccc3)C2C(=O)N1C1CCCCC1. The van der Waals surface area contributed by atoms with Crippen LogP contribution in [0.1, 0.15) is 49.3 Å². The van der Waals surface area contributed by atoms with Gasteiger partial charge in [-0.05, 0) is 36.1 Å². The third-order valence-electron chi connectivity index (χ3n) is 7.33. The van der Waals surface area contributed by atoms with E-state index in [0.717, 1.165) is 42.1 Å². The number of imide groups is 1. The molecule has 2 aromatic carbocycles. The Hall–Kier alpha value is -2.51. The molecule has 0 spiro atoms. The summed E-state index contributed by atoms with van der Waals surface area (Å²) in [6.45, 7) is 0. The first-order valence-electron chi connectivity index (χ1n) is 11.1. The van der Waals surface area contributed by atoms with Crippen molar-refractivity contribution in [1.82, 2.24) is 10.2 Å². The Labute approximate surface area is 195 Å². The van der Waals surface area contributed by atoms with Gasteiger partial charge in [-0.1, -0.05) is 77.7 Å². The fourth-order valence-corrected chi connectivity index (χ4v) is 6.14. The van der Waals surface area contributed by atoms with Gasteiger partial charge in [0.25, 0.3) is 0 Å². The van der Waals surface area contributed by atoms with Crippen molar-refractivity contribution in [2.75, 3.05) is 0 Å². The van der Waals surface area contributed by atoms with E-state index < -0.39 is 29.4 Å². The second kappa shape index (κ2) is 8.12. The van der Waals surface area contributed by atoms with Crippen LogP contribution in [0.5, 0.6) is 0 Å². The third kappa shape index (κ3) is 3.13. The van der Waals surface area contributed by atoms with Gasteiger partial charge < -0.3 is 5.11 Å². The second-order valence-electron chi connectivity index (χ2n) is 8.99. The van der Waals surface area contributed by atoms with Crippen molar-refractivity contribution in [3.8, 4) is 0 Å². The fourth-order valence-electron chi connectivity index (χ4n) is 5.87. The number of amides is 2. The lowest BCUT2D eigenvalue weighted by Gasteiger charge is -2.34. The summed E-state index contributed by atoms with van der Waals surface area (Å²) >= 11 is 3.43. The van der Waals surface area contributed by atoms with Gasteiger partial charge in [0.15, 0.2) is 5.54 Å². The summed E-state index contributed by atoms with van der Waals surface area (Å²) in [7, 11) is 0. The molecular weight excluding hydrogens is 472 g/mol. The van der Waals surface area contributed by atoms with Crippen molar-refractivity contribution in [2.45, 2.75) is 49.7 Å². The summed E-state index contributed by atoms with van der Waals surface area (Å²) < 4.78 is 0.890. The van der Waals surface area contributed by atoms with E-state index in [4.69, 9.17) is 0 Å². The lowest BCUT2D eigenvalue weighted by molar-refractivity contribution is -0.153. The van der Waals surface area contributed by atoms with E-state index in [1.165, 1.54) is 4.90 Å². The summed E-state index contributed by atoms with van der Waals surface area (Å²) in [5, 5.41) is 13.8. The van der Waals surface area contributed by atoms with E-state index in [9.17, 15) is 19.5 Å². The van der Waals surface area contributed by atoms with E-state index >= 15 is 0 Å². The molecule has 2 aliphatic heterocycles. The number of likely N-dealkylation sites (tertiary alicyclic amines) is 1. The van der Waals surface area contributed by atoms with Crippen molar-refractivity contribution in [1.29, 1.82) is 0 Å². The molecule has 32 heavy (non-hydrogen) atoms. The Morgan fingerprint density at radius 3 is 2.25 bits per heavy atom. The van der Waals surface area contributed by atoms with E-state index in [-0.39, 0.29) is 17.9 Å². The van der Waals surface area contributed by atoms with Gasteiger partial charge in [0.2, 0.25) is 11.8 Å². The number of nitrogens with zero attached hydrogens (tertiary/aromatic N) is 1. The van der Waals surface area contributed by atoms with Gasteiger partial charge >= 0.3 is 5.97 Å². The normalized spacial score (nSPS) is 30.5. The number of hydrogen-bond donors (Lipinski definition) is 2. The van der Waals surface area contributed by atoms with E-state index in [1.54, 1.807) is 24.3 Å². The zero-order valence-electron chi connectivity index (χ0n) is 17.5. The first-order valence-corrected chi connectivity index (χ1v) is 11.9. The van der Waals surface area contributed by atoms with Crippen LogP contribution in [0.25, 0.3) is 0 Å². The van der Waals surface area contributed by atoms with Gasteiger partial charge in [0, 0.05) is 16.6 Å². The molecule has 2 heterocycles. The molecule has 7 heteroatoms. The Bertz CT molecular complexity index is 1050. The van der Waals surface area contributed by atoms with Crippen LogP contribution in [-0.4, -0.2) is 33.8 Å². The predicted octanol–water partition coefficient (Wildman–Crippen LogP) is 4.01. The standard InChI is InChI=1S/C25H25BrN2O4/c26-17-13-11-15(12-14-17)21-19-20(23(30)28(22(19)29)18-9-5-2-6-10-18)25(27-21,24(31)32)16-7-3-1-4-8-16/h1,3-4,7-8,11-14,18-21,27H,2,5-6,9-10H2,(H,31,32). The molecule has 0 radical (unpaired) electrons. The zero-order chi connectivity index (χ0) is 22.5. The molecule has 4 unspecified atom stereocenters. The molecule has 2 saturated heterocycles. The highest BCUT2D eigenvalue weighted by atomic mass is 79.9. The molecule has 2 amide bonds. The highest BCUT2D eigenvalue weighted by Gasteiger charge is 2.69. The number of halogens is 1. The van der Waals surface area contributed by atoms with Crippen molar-refractivity contribution in [2.24, 2.45) is 11.8 Å². The molecular formula is C25H25BrN2O4. The minimum Gasteiger partial charge on any atom is -0.480 e. The van der Waals surface area contributed by atoms with Gasteiger partial charge in [-0.3, -0.25) is 19.8 Å². The van der Waals surface area contributed by atoms with Crippen LogP contribution >= 0.6 is 15.9 Å². The first kappa shape index (κ1) is 21.3. The Morgan fingerprint density at radius 1 is 0.969 bits per heavy atom. The Kier molecular flexibility index (Phi) is 5.42. The van der Waals surface area contributed by atoms with Crippen LogP contribution in [0.4, 0.5) is 0 Å². The number of carboxylic acids is 1. The Balaban J connectivity index is 1.66. The summed E-state index contributed by atoms with van der Waals surface area (Å²) in [6, 6.07) is 15.6. The first-order chi connectivity index (χ1) is 15.4. The number of hydrogen-bond acceptors (Lipinski definition) is 4. The molecule has 6 nitrogen and oxygen atoms in total. The topological polar surface area (TPSA) is 86.7 Å². The van der Waals surface area contributed by atoms with Gasteiger partial charge in [-0.15, -0.1) is 0 Å². The lowest BCUT2D eigenvalue weighted by atomic mass is 9.75. The summed E-state index contributed by atoms with van der Waals surface area (Å²) in [6.07, 6.45) is 4.64. The number of carbonyl (C=O) groups excluding carboxylic acids is 2. The minimum atomic E-state index is -1.67. The number of fused-ring (bicyclic) bond motifs is 1. The van der Waals surface area contributed by atoms with Gasteiger partial charge in [-0.25, -0.2) is 4.79 Å². The largest absolute Gasteiger partial charge is 0.480 e. The van der Waals surface area contributed by atoms with E-state index in [0.29, 0.717) is 5.56 Å². The molecule has 1 aliphatic carbocycles. The molecule has 3 fully saturated rings. The van der Waals surface area contributed by atoms with Gasteiger partial charge in [-0.2, -0.15) is 0 Å². The number of benzene rings is 2. The van der Waals surface area contributed by atoms with Crippen LogP contribution in [0, 0.1) is 11.8 Å². The van der Waals surface area contributed by atoms with Crippen LogP contribution in [0.15, 0.2) is 59.1 Å². The van der Waals surface area contributed by atoms with Crippen LogP contribution in [0.2, 0.25) is 0 Å².